The summed E-state index contributed by atoms with van der Waals surface area (Å²) in [6, 6.07) is 15.9. The molecule has 0 aliphatic carbocycles. The maximum Gasteiger partial charge on any atom is 0.407 e. The van der Waals surface area contributed by atoms with Crippen LogP contribution in [0.25, 0.3) is 11.1 Å². The molecule has 0 saturated heterocycles. The molecule has 2 rings (SSSR count). The number of aliphatic hydroxyl groups excluding tert-OH is 1. The summed E-state index contributed by atoms with van der Waals surface area (Å²) in [6.45, 7) is 16.9. The van der Waals surface area contributed by atoms with Crippen LogP contribution < -0.4 is 15.4 Å². The first-order chi connectivity index (χ1) is 21.7. The molecule has 0 radical (unpaired) electrons. The number of hydrogen-bond donors (Lipinski definition) is 3. The maximum absolute atomic E-state index is 13.0. The summed E-state index contributed by atoms with van der Waals surface area (Å²) in [5.74, 6) is 1.07. The van der Waals surface area contributed by atoms with Crippen molar-refractivity contribution in [2.45, 2.75) is 112 Å². The lowest BCUT2D eigenvalue weighted by Crippen LogP contribution is -2.51. The van der Waals surface area contributed by atoms with E-state index in [1.54, 1.807) is 7.11 Å². The normalized spacial score (nSPS) is 14.0. The zero-order valence-electron chi connectivity index (χ0n) is 29.8. The zero-order chi connectivity index (χ0) is 34.3. The number of rotatable bonds is 19. The van der Waals surface area contributed by atoms with E-state index in [1.807, 2.05) is 52.8 Å². The molecule has 8 heteroatoms. The first-order valence-electron chi connectivity index (χ1n) is 16.9. The highest BCUT2D eigenvalue weighted by molar-refractivity contribution is 5.81. The van der Waals surface area contributed by atoms with Crippen molar-refractivity contribution in [3.05, 3.63) is 54.1 Å². The average molecular weight is 641 g/mol. The lowest BCUT2D eigenvalue weighted by molar-refractivity contribution is -0.130. The Kier molecular flexibility index (Phi) is 16.1. The third-order valence-electron chi connectivity index (χ3n) is 8.29. The Bertz CT molecular complexity index is 1190. The minimum atomic E-state index is -1.00. The standard InChI is InChI=1S/C38H60N2O6/c1-10-11-20-38(7,8)35(42)39-26-33(41)32(40-36(43)46-37(4,5)6)25-30(27(2)3)23-28-18-19-31(29-16-13-12-14-17-29)34(24-28)45-22-15-21-44-9/h12-14,16-19,24,27,30,32-33,41H,10-11,15,20-23,25-26H2,1-9H3,(H,39,42)(H,40,43)/t30-,32-,33-/m0/s1. The van der Waals surface area contributed by atoms with Crippen molar-refractivity contribution in [3.63, 3.8) is 0 Å². The van der Waals surface area contributed by atoms with Gasteiger partial charge in [0.1, 0.15) is 11.4 Å². The molecule has 0 heterocycles. The number of amides is 2. The predicted octanol–water partition coefficient (Wildman–Crippen LogP) is 7.56. The molecule has 0 bridgehead atoms. The summed E-state index contributed by atoms with van der Waals surface area (Å²) < 4.78 is 17.0. The number of ether oxygens (including phenoxy) is 3. The van der Waals surface area contributed by atoms with Gasteiger partial charge in [0.15, 0.2) is 0 Å². The monoisotopic (exact) mass is 640 g/mol. The number of aliphatic hydroxyl groups is 1. The predicted molar refractivity (Wildman–Crippen MR) is 186 cm³/mol. The van der Waals surface area contributed by atoms with Gasteiger partial charge in [-0.25, -0.2) is 4.79 Å². The van der Waals surface area contributed by atoms with Gasteiger partial charge in [0, 0.05) is 37.7 Å². The molecule has 46 heavy (non-hydrogen) atoms. The van der Waals surface area contributed by atoms with Crippen LogP contribution in [0.1, 0.15) is 93.1 Å². The Morgan fingerprint density at radius 2 is 1.65 bits per heavy atom. The van der Waals surface area contributed by atoms with Crippen LogP contribution in [0.2, 0.25) is 0 Å². The molecular weight excluding hydrogens is 580 g/mol. The second kappa shape index (κ2) is 18.9. The lowest BCUT2D eigenvalue weighted by atomic mass is 9.82. The van der Waals surface area contributed by atoms with Gasteiger partial charge in [-0.2, -0.15) is 0 Å². The summed E-state index contributed by atoms with van der Waals surface area (Å²) in [5, 5.41) is 17.2. The van der Waals surface area contributed by atoms with Gasteiger partial charge in [-0.05, 0) is 69.1 Å². The first-order valence-corrected chi connectivity index (χ1v) is 16.9. The van der Waals surface area contributed by atoms with Crippen molar-refractivity contribution in [1.82, 2.24) is 10.6 Å². The van der Waals surface area contributed by atoms with E-state index in [0.29, 0.717) is 19.6 Å². The molecule has 0 unspecified atom stereocenters. The fraction of sp³-hybridized carbons (Fsp3) is 0.632. The molecule has 8 nitrogen and oxygen atoms in total. The van der Waals surface area contributed by atoms with Crippen LogP contribution in [0.15, 0.2) is 48.5 Å². The van der Waals surface area contributed by atoms with Gasteiger partial charge in [0.05, 0.1) is 18.8 Å². The molecule has 0 aliphatic rings. The van der Waals surface area contributed by atoms with Crippen LogP contribution in [0.5, 0.6) is 5.75 Å². The van der Waals surface area contributed by atoms with E-state index in [4.69, 9.17) is 14.2 Å². The highest BCUT2D eigenvalue weighted by Crippen LogP contribution is 2.33. The van der Waals surface area contributed by atoms with Crippen molar-refractivity contribution in [2.24, 2.45) is 17.3 Å². The quantitative estimate of drug-likeness (QED) is 0.137. The van der Waals surface area contributed by atoms with Crippen molar-refractivity contribution in [1.29, 1.82) is 0 Å². The molecule has 2 amide bonds. The minimum Gasteiger partial charge on any atom is -0.493 e. The number of carbonyl (C=O) groups excluding carboxylic acids is 2. The molecule has 3 N–H and O–H groups in total. The smallest absolute Gasteiger partial charge is 0.407 e. The molecule has 3 atom stereocenters. The largest absolute Gasteiger partial charge is 0.493 e. The Balaban J connectivity index is 2.29. The van der Waals surface area contributed by atoms with Gasteiger partial charge < -0.3 is 30.0 Å². The molecule has 2 aromatic rings. The summed E-state index contributed by atoms with van der Waals surface area (Å²) in [4.78, 5) is 25.9. The van der Waals surface area contributed by atoms with Gasteiger partial charge in [0.2, 0.25) is 5.91 Å². The van der Waals surface area contributed by atoms with Gasteiger partial charge in [0.25, 0.3) is 0 Å². The Morgan fingerprint density at radius 1 is 0.957 bits per heavy atom. The third kappa shape index (κ3) is 13.7. The van der Waals surface area contributed by atoms with E-state index in [9.17, 15) is 14.7 Å². The minimum absolute atomic E-state index is 0.0326. The molecule has 2 aromatic carbocycles. The maximum atomic E-state index is 13.0. The molecule has 0 aliphatic heterocycles. The number of benzene rings is 2. The van der Waals surface area contributed by atoms with Crippen LogP contribution in [0.4, 0.5) is 4.79 Å². The summed E-state index contributed by atoms with van der Waals surface area (Å²) in [7, 11) is 1.69. The summed E-state index contributed by atoms with van der Waals surface area (Å²) in [6.07, 6.45) is 3.14. The highest BCUT2D eigenvalue weighted by atomic mass is 16.6. The first kappa shape index (κ1) is 39.1. The second-order valence-corrected chi connectivity index (χ2v) is 14.4. The number of unbranched alkanes of at least 4 members (excludes halogenated alkanes) is 1. The van der Waals surface area contributed by atoms with E-state index in [0.717, 1.165) is 54.5 Å². The lowest BCUT2D eigenvalue weighted by Gasteiger charge is -2.32. The second-order valence-electron chi connectivity index (χ2n) is 14.4. The van der Waals surface area contributed by atoms with E-state index >= 15 is 0 Å². The van der Waals surface area contributed by atoms with Crippen molar-refractivity contribution in [2.75, 3.05) is 26.9 Å². The number of methoxy groups -OCH3 is 1. The van der Waals surface area contributed by atoms with Crippen molar-refractivity contribution in [3.8, 4) is 16.9 Å². The summed E-state index contributed by atoms with van der Waals surface area (Å²) in [5.41, 5.74) is 1.99. The van der Waals surface area contributed by atoms with E-state index < -0.39 is 29.3 Å². The van der Waals surface area contributed by atoms with E-state index in [-0.39, 0.29) is 24.3 Å². The molecule has 258 valence electrons. The topological polar surface area (TPSA) is 106 Å². The summed E-state index contributed by atoms with van der Waals surface area (Å²) >= 11 is 0. The van der Waals surface area contributed by atoms with E-state index in [1.165, 1.54) is 0 Å². The third-order valence-corrected chi connectivity index (χ3v) is 8.29. The Hall–Kier alpha value is -3.10. The van der Waals surface area contributed by atoms with Crippen molar-refractivity contribution >= 4 is 12.0 Å². The number of alkyl carbamates (subject to hydrolysis) is 1. The fourth-order valence-corrected chi connectivity index (χ4v) is 5.36. The number of hydrogen-bond acceptors (Lipinski definition) is 6. The van der Waals surface area contributed by atoms with Crippen LogP contribution in [-0.4, -0.2) is 61.7 Å². The molecule has 0 spiro atoms. The van der Waals surface area contributed by atoms with Crippen LogP contribution in [0.3, 0.4) is 0 Å². The van der Waals surface area contributed by atoms with Crippen LogP contribution >= 0.6 is 0 Å². The highest BCUT2D eigenvalue weighted by Gasteiger charge is 2.31. The van der Waals surface area contributed by atoms with Gasteiger partial charge in [-0.15, -0.1) is 0 Å². The van der Waals surface area contributed by atoms with Gasteiger partial charge >= 0.3 is 6.09 Å². The Morgan fingerprint density at radius 3 is 2.26 bits per heavy atom. The van der Waals surface area contributed by atoms with Crippen molar-refractivity contribution < 1.29 is 28.9 Å². The average Bonchev–Trinajstić information content (AvgIpc) is 2.99. The molecule has 0 fully saturated rings. The SMILES string of the molecule is CCCCC(C)(C)C(=O)NC[C@H](O)[C@H](C[C@H](Cc1ccc(-c2ccccc2)c(OCCCOC)c1)C(C)C)NC(=O)OC(C)(C)C. The van der Waals surface area contributed by atoms with Crippen LogP contribution in [-0.2, 0) is 20.7 Å². The van der Waals surface area contributed by atoms with E-state index in [2.05, 4.69) is 61.7 Å². The fourth-order valence-electron chi connectivity index (χ4n) is 5.36. The van der Waals surface area contributed by atoms with Crippen LogP contribution in [0, 0.1) is 17.3 Å². The molecular formula is C38H60N2O6. The van der Waals surface area contributed by atoms with Gasteiger partial charge in [-0.3, -0.25) is 4.79 Å². The zero-order valence-corrected chi connectivity index (χ0v) is 29.8. The number of nitrogens with one attached hydrogen (secondary N) is 2. The number of carbonyl (C=O) groups is 2. The molecule has 0 aromatic heterocycles. The van der Waals surface area contributed by atoms with Gasteiger partial charge in [-0.1, -0.05) is 89.9 Å². The molecule has 0 saturated carbocycles. The Labute approximate surface area is 278 Å².